The molecule has 0 amide bonds. The Balaban J connectivity index is 2.20. The molecule has 1 N–H and O–H groups in total. The number of halogens is 4. The Morgan fingerprint density at radius 2 is 2.06 bits per heavy atom. The van der Waals surface area contributed by atoms with Gasteiger partial charge in [0.05, 0.1) is 6.10 Å². The van der Waals surface area contributed by atoms with Crippen LogP contribution in [0.4, 0.5) is 8.78 Å². The van der Waals surface area contributed by atoms with Gasteiger partial charge in [-0.3, -0.25) is 0 Å². The first-order valence-corrected chi connectivity index (χ1v) is 7.03. The molecule has 2 aromatic rings. The van der Waals surface area contributed by atoms with Gasteiger partial charge in [-0.15, -0.1) is 11.3 Å². The molecule has 0 aliphatic rings. The Morgan fingerprint density at radius 1 is 1.33 bits per heavy atom. The quantitative estimate of drug-likeness (QED) is 0.846. The lowest BCUT2D eigenvalue weighted by Crippen LogP contribution is -2.02. The highest BCUT2D eigenvalue weighted by molar-refractivity contribution is 9.10. The van der Waals surface area contributed by atoms with E-state index in [1.54, 1.807) is 6.07 Å². The van der Waals surface area contributed by atoms with Crippen molar-refractivity contribution in [2.45, 2.75) is 12.5 Å². The van der Waals surface area contributed by atoms with E-state index in [9.17, 15) is 13.9 Å². The lowest BCUT2D eigenvalue weighted by molar-refractivity contribution is 0.181. The smallest absolute Gasteiger partial charge is 0.126 e. The van der Waals surface area contributed by atoms with E-state index < -0.39 is 17.7 Å². The Morgan fingerprint density at radius 3 is 2.67 bits per heavy atom. The summed E-state index contributed by atoms with van der Waals surface area (Å²) in [7, 11) is 0. The topological polar surface area (TPSA) is 20.2 Å². The van der Waals surface area contributed by atoms with E-state index in [-0.39, 0.29) is 12.0 Å². The van der Waals surface area contributed by atoms with Gasteiger partial charge in [0.15, 0.2) is 0 Å². The van der Waals surface area contributed by atoms with Crippen molar-refractivity contribution in [3.05, 3.63) is 55.1 Å². The molecule has 2 rings (SSSR count). The fourth-order valence-corrected chi connectivity index (χ4v) is 3.26. The first kappa shape index (κ1) is 13.9. The van der Waals surface area contributed by atoms with E-state index in [4.69, 9.17) is 11.6 Å². The summed E-state index contributed by atoms with van der Waals surface area (Å²) in [5.41, 5.74) is 0.142. The summed E-state index contributed by atoms with van der Waals surface area (Å²) in [4.78, 5) is 0.607. The van der Waals surface area contributed by atoms with Gasteiger partial charge in [0.1, 0.15) is 16.0 Å². The molecule has 18 heavy (non-hydrogen) atoms. The van der Waals surface area contributed by atoms with Gasteiger partial charge in [-0.25, -0.2) is 8.78 Å². The first-order chi connectivity index (χ1) is 8.47. The summed E-state index contributed by atoms with van der Waals surface area (Å²) in [5.74, 6) is -1.05. The van der Waals surface area contributed by atoms with Crippen LogP contribution in [-0.2, 0) is 6.42 Å². The normalized spacial score (nSPS) is 12.7. The molecule has 1 heterocycles. The number of aliphatic hydroxyl groups excluding tert-OH is 1. The summed E-state index contributed by atoms with van der Waals surface area (Å²) in [6.07, 6.45) is -0.900. The van der Waals surface area contributed by atoms with Gasteiger partial charge in [0.2, 0.25) is 0 Å². The molecule has 0 fully saturated rings. The number of hydrogen-bond acceptors (Lipinski definition) is 2. The summed E-state index contributed by atoms with van der Waals surface area (Å²) < 4.78 is 27.6. The van der Waals surface area contributed by atoms with E-state index in [0.29, 0.717) is 13.7 Å². The van der Waals surface area contributed by atoms with Gasteiger partial charge in [0, 0.05) is 15.8 Å². The largest absolute Gasteiger partial charge is 0.387 e. The average molecular weight is 354 g/mol. The summed E-state index contributed by atoms with van der Waals surface area (Å²) in [5, 5.41) is 9.97. The van der Waals surface area contributed by atoms with Gasteiger partial charge < -0.3 is 5.11 Å². The molecule has 1 unspecified atom stereocenters. The predicted molar refractivity (Wildman–Crippen MR) is 72.1 cm³/mol. The molecule has 0 spiro atoms. The maximum Gasteiger partial charge on any atom is 0.126 e. The number of hydrogen-bond donors (Lipinski definition) is 1. The molecule has 96 valence electrons. The minimum absolute atomic E-state index is 0.00682. The van der Waals surface area contributed by atoms with Crippen molar-refractivity contribution in [1.82, 2.24) is 0 Å². The zero-order valence-electron chi connectivity index (χ0n) is 8.96. The van der Waals surface area contributed by atoms with Crippen LogP contribution in [-0.4, -0.2) is 5.11 Å². The Hall–Kier alpha value is -0.490. The average Bonchev–Trinajstić information content (AvgIpc) is 2.64. The van der Waals surface area contributed by atoms with Crippen molar-refractivity contribution in [2.24, 2.45) is 0 Å². The minimum atomic E-state index is -0.907. The SMILES string of the molecule is OC(Cc1cc(F)ccc1F)c1cc(Br)c(Cl)s1. The summed E-state index contributed by atoms with van der Waals surface area (Å²) >= 11 is 10.3. The fourth-order valence-electron chi connectivity index (χ4n) is 1.54. The van der Waals surface area contributed by atoms with E-state index in [0.717, 1.165) is 18.2 Å². The molecule has 1 nitrogen and oxygen atoms in total. The first-order valence-electron chi connectivity index (χ1n) is 5.04. The van der Waals surface area contributed by atoms with E-state index >= 15 is 0 Å². The third-order valence-electron chi connectivity index (χ3n) is 2.41. The molecule has 0 radical (unpaired) electrons. The van der Waals surface area contributed by atoms with Crippen LogP contribution in [0, 0.1) is 11.6 Å². The zero-order valence-corrected chi connectivity index (χ0v) is 12.1. The molecular formula is C12H8BrClF2OS. The highest BCUT2D eigenvalue weighted by Crippen LogP contribution is 2.36. The zero-order chi connectivity index (χ0) is 13.3. The second kappa shape index (κ2) is 5.65. The van der Waals surface area contributed by atoms with Gasteiger partial charge in [-0.1, -0.05) is 11.6 Å². The van der Waals surface area contributed by atoms with Crippen molar-refractivity contribution in [2.75, 3.05) is 0 Å². The summed E-state index contributed by atoms with van der Waals surface area (Å²) in [6, 6.07) is 4.86. The molecule has 0 saturated heterocycles. The van der Waals surface area contributed by atoms with E-state index in [2.05, 4.69) is 15.9 Å². The second-order valence-corrected chi connectivity index (χ2v) is 6.27. The third-order valence-corrected chi connectivity index (χ3v) is 4.99. The fraction of sp³-hybridized carbons (Fsp3) is 0.167. The molecule has 6 heteroatoms. The van der Waals surface area contributed by atoms with Crippen molar-refractivity contribution < 1.29 is 13.9 Å². The molecule has 0 aliphatic heterocycles. The highest BCUT2D eigenvalue weighted by Gasteiger charge is 2.16. The number of rotatable bonds is 3. The van der Waals surface area contributed by atoms with Crippen LogP contribution < -0.4 is 0 Å². The Bertz CT molecular complexity index is 554. The number of benzene rings is 1. The molecule has 1 aromatic heterocycles. The van der Waals surface area contributed by atoms with Crippen molar-refractivity contribution in [1.29, 1.82) is 0 Å². The Kier molecular flexibility index (Phi) is 4.37. The van der Waals surface area contributed by atoms with Crippen LogP contribution in [0.15, 0.2) is 28.7 Å². The standard InChI is InChI=1S/C12H8BrClF2OS/c13-8-5-11(18-12(8)14)10(17)4-6-3-7(15)1-2-9(6)16/h1-3,5,10,17H,4H2. The number of thiophene rings is 1. The van der Waals surface area contributed by atoms with Gasteiger partial charge >= 0.3 is 0 Å². The molecule has 0 aliphatic carbocycles. The highest BCUT2D eigenvalue weighted by atomic mass is 79.9. The number of aliphatic hydroxyl groups is 1. The van der Waals surface area contributed by atoms with Crippen LogP contribution in [0.5, 0.6) is 0 Å². The molecule has 1 atom stereocenters. The van der Waals surface area contributed by atoms with Crippen LogP contribution in [0.1, 0.15) is 16.5 Å². The lowest BCUT2D eigenvalue weighted by atomic mass is 10.1. The monoisotopic (exact) mass is 352 g/mol. The van der Waals surface area contributed by atoms with E-state index in [1.807, 2.05) is 0 Å². The van der Waals surface area contributed by atoms with Gasteiger partial charge in [0.25, 0.3) is 0 Å². The maximum absolute atomic E-state index is 13.4. The van der Waals surface area contributed by atoms with Gasteiger partial charge in [-0.2, -0.15) is 0 Å². The lowest BCUT2D eigenvalue weighted by Gasteiger charge is -2.09. The van der Waals surface area contributed by atoms with Crippen molar-refractivity contribution >= 4 is 38.9 Å². The predicted octanol–water partition coefficient (Wildman–Crippen LogP) is 4.72. The van der Waals surface area contributed by atoms with Crippen LogP contribution in [0.25, 0.3) is 0 Å². The van der Waals surface area contributed by atoms with Gasteiger partial charge in [-0.05, 0) is 45.8 Å². The summed E-state index contributed by atoms with van der Waals surface area (Å²) in [6.45, 7) is 0. The minimum Gasteiger partial charge on any atom is -0.387 e. The molecule has 1 aromatic carbocycles. The van der Waals surface area contributed by atoms with Crippen molar-refractivity contribution in [3.8, 4) is 0 Å². The van der Waals surface area contributed by atoms with Crippen LogP contribution in [0.2, 0.25) is 4.34 Å². The second-order valence-electron chi connectivity index (χ2n) is 3.73. The maximum atomic E-state index is 13.4. The van der Waals surface area contributed by atoms with Crippen LogP contribution in [0.3, 0.4) is 0 Å². The Labute approximate surface area is 120 Å². The van der Waals surface area contributed by atoms with Crippen LogP contribution >= 0.6 is 38.9 Å². The molecule has 0 saturated carbocycles. The molecule has 0 bridgehead atoms. The molecular weight excluding hydrogens is 346 g/mol. The third kappa shape index (κ3) is 3.09. The van der Waals surface area contributed by atoms with Crippen molar-refractivity contribution in [3.63, 3.8) is 0 Å². The van der Waals surface area contributed by atoms with E-state index in [1.165, 1.54) is 11.3 Å².